The molecule has 0 bridgehead atoms. The summed E-state index contributed by atoms with van der Waals surface area (Å²) >= 11 is 6.38. The van der Waals surface area contributed by atoms with Crippen LogP contribution in [0.25, 0.3) is 22.1 Å². The summed E-state index contributed by atoms with van der Waals surface area (Å²) in [7, 11) is 0. The van der Waals surface area contributed by atoms with Crippen molar-refractivity contribution in [2.75, 3.05) is 18.8 Å². The summed E-state index contributed by atoms with van der Waals surface area (Å²) < 4.78 is 1.96. The molecule has 3 heterocycles. The number of hydrogen-bond donors (Lipinski definition) is 2. The average molecular weight is 384 g/mol. The Morgan fingerprint density at radius 1 is 1.15 bits per heavy atom. The SMILES string of the molecule is CCN(CC)Cc1cc2cc(Cl)cc(Cn3cnc4c(N)ncnc43)c2[nH]1. The maximum atomic E-state index is 6.38. The van der Waals surface area contributed by atoms with E-state index in [-0.39, 0.29) is 0 Å². The molecule has 0 saturated heterocycles. The monoisotopic (exact) mass is 383 g/mol. The first kappa shape index (κ1) is 17.8. The average Bonchev–Trinajstić information content (AvgIpc) is 3.24. The summed E-state index contributed by atoms with van der Waals surface area (Å²) in [6, 6.07) is 6.15. The lowest BCUT2D eigenvalue weighted by molar-refractivity contribution is 0.293. The number of hydrogen-bond acceptors (Lipinski definition) is 5. The molecule has 0 atom stereocenters. The highest BCUT2D eigenvalue weighted by Crippen LogP contribution is 2.27. The zero-order valence-corrected chi connectivity index (χ0v) is 16.2. The Morgan fingerprint density at radius 3 is 2.74 bits per heavy atom. The van der Waals surface area contributed by atoms with E-state index in [9.17, 15) is 0 Å². The van der Waals surface area contributed by atoms with Crippen LogP contribution >= 0.6 is 11.6 Å². The van der Waals surface area contributed by atoms with Gasteiger partial charge in [0.05, 0.1) is 18.4 Å². The molecule has 8 heteroatoms. The molecule has 0 spiro atoms. The van der Waals surface area contributed by atoms with E-state index in [1.54, 1.807) is 6.33 Å². The number of fused-ring (bicyclic) bond motifs is 2. The number of halogens is 1. The van der Waals surface area contributed by atoms with Gasteiger partial charge < -0.3 is 15.3 Å². The summed E-state index contributed by atoms with van der Waals surface area (Å²) in [4.78, 5) is 18.6. The number of nitrogens with two attached hydrogens (primary N) is 1. The van der Waals surface area contributed by atoms with Crippen molar-refractivity contribution in [2.24, 2.45) is 0 Å². The molecule has 0 fully saturated rings. The zero-order chi connectivity index (χ0) is 19.0. The van der Waals surface area contributed by atoms with Crippen molar-refractivity contribution in [1.82, 2.24) is 29.4 Å². The predicted molar refractivity (Wildman–Crippen MR) is 109 cm³/mol. The minimum Gasteiger partial charge on any atom is -0.382 e. The van der Waals surface area contributed by atoms with Crippen LogP contribution in [0.4, 0.5) is 5.82 Å². The standard InChI is InChI=1S/C19H22ClN7/c1-3-26(4-2)9-15-7-12-5-14(20)6-13(16(12)25-15)8-27-11-24-17-18(21)22-10-23-19(17)27/h5-7,10-11,25H,3-4,8-9H2,1-2H3,(H2,21,22,23). The van der Waals surface area contributed by atoms with E-state index in [1.807, 2.05) is 16.7 Å². The number of nitrogens with one attached hydrogen (secondary N) is 1. The van der Waals surface area contributed by atoms with Crippen molar-refractivity contribution in [2.45, 2.75) is 26.9 Å². The van der Waals surface area contributed by atoms with Crippen LogP contribution in [0.2, 0.25) is 5.02 Å². The molecule has 3 N–H and O–H groups in total. The van der Waals surface area contributed by atoms with Gasteiger partial charge in [0.15, 0.2) is 11.5 Å². The summed E-state index contributed by atoms with van der Waals surface area (Å²) in [5, 5.41) is 1.82. The second-order valence-electron chi connectivity index (χ2n) is 6.59. The van der Waals surface area contributed by atoms with Crippen molar-refractivity contribution in [3.8, 4) is 0 Å². The van der Waals surface area contributed by atoms with Crippen molar-refractivity contribution >= 4 is 39.5 Å². The molecule has 3 aromatic heterocycles. The van der Waals surface area contributed by atoms with E-state index in [0.717, 1.165) is 36.1 Å². The maximum absolute atomic E-state index is 6.38. The van der Waals surface area contributed by atoms with Crippen LogP contribution in [0.3, 0.4) is 0 Å². The number of nitrogen functional groups attached to an aromatic ring is 1. The number of aromatic amines is 1. The van der Waals surface area contributed by atoms with Crippen molar-refractivity contribution in [1.29, 1.82) is 0 Å². The Kier molecular flexibility index (Phi) is 4.72. The molecule has 1 aromatic carbocycles. The van der Waals surface area contributed by atoms with Gasteiger partial charge in [-0.05, 0) is 36.9 Å². The Morgan fingerprint density at radius 2 is 1.96 bits per heavy atom. The maximum Gasteiger partial charge on any atom is 0.165 e. The van der Waals surface area contributed by atoms with Gasteiger partial charge in [-0.2, -0.15) is 0 Å². The van der Waals surface area contributed by atoms with Crippen LogP contribution < -0.4 is 5.73 Å². The Hall–Kier alpha value is -2.64. The van der Waals surface area contributed by atoms with E-state index < -0.39 is 0 Å². The van der Waals surface area contributed by atoms with Gasteiger partial charge in [0, 0.05) is 22.6 Å². The minimum absolute atomic E-state index is 0.386. The summed E-state index contributed by atoms with van der Waals surface area (Å²) in [6.45, 7) is 7.85. The Bertz CT molecular complexity index is 1090. The lowest BCUT2D eigenvalue weighted by Crippen LogP contribution is -2.22. The van der Waals surface area contributed by atoms with E-state index in [2.05, 4.69) is 44.7 Å². The highest BCUT2D eigenvalue weighted by molar-refractivity contribution is 6.31. The molecule has 27 heavy (non-hydrogen) atoms. The summed E-state index contributed by atoms with van der Waals surface area (Å²) in [6.07, 6.45) is 3.20. The zero-order valence-electron chi connectivity index (χ0n) is 15.4. The normalized spacial score (nSPS) is 11.9. The van der Waals surface area contributed by atoms with Gasteiger partial charge in [-0.3, -0.25) is 4.90 Å². The second-order valence-corrected chi connectivity index (χ2v) is 7.03. The molecular formula is C19H22ClN7. The van der Waals surface area contributed by atoms with Crippen LogP contribution in [0, 0.1) is 0 Å². The lowest BCUT2D eigenvalue weighted by atomic mass is 10.1. The first-order valence-electron chi connectivity index (χ1n) is 9.02. The molecule has 0 aliphatic carbocycles. The van der Waals surface area contributed by atoms with Gasteiger partial charge in [0.1, 0.15) is 11.8 Å². The van der Waals surface area contributed by atoms with Crippen molar-refractivity contribution in [3.05, 3.63) is 47.1 Å². The van der Waals surface area contributed by atoms with E-state index in [1.165, 1.54) is 12.0 Å². The fourth-order valence-electron chi connectivity index (χ4n) is 3.43. The summed E-state index contributed by atoms with van der Waals surface area (Å²) in [5.74, 6) is 0.386. The molecule has 0 amide bonds. The Balaban J connectivity index is 1.74. The first-order chi connectivity index (χ1) is 13.1. The van der Waals surface area contributed by atoms with E-state index in [4.69, 9.17) is 17.3 Å². The number of nitrogens with zero attached hydrogens (tertiary/aromatic N) is 5. The Labute approximate surface area is 162 Å². The molecule has 0 radical (unpaired) electrons. The molecule has 0 unspecified atom stereocenters. The number of benzene rings is 1. The second kappa shape index (κ2) is 7.17. The summed E-state index contributed by atoms with van der Waals surface area (Å²) in [5.41, 5.74) is 10.6. The van der Waals surface area contributed by atoms with Crippen LogP contribution in [0.1, 0.15) is 25.1 Å². The number of aromatic nitrogens is 5. The quantitative estimate of drug-likeness (QED) is 0.532. The van der Waals surface area contributed by atoms with E-state index >= 15 is 0 Å². The molecule has 0 saturated carbocycles. The minimum atomic E-state index is 0.386. The number of anilines is 1. The topological polar surface area (TPSA) is 88.7 Å². The number of rotatable bonds is 6. The van der Waals surface area contributed by atoms with Crippen LogP contribution in [0.5, 0.6) is 0 Å². The fourth-order valence-corrected chi connectivity index (χ4v) is 3.68. The van der Waals surface area contributed by atoms with Gasteiger partial charge in [-0.15, -0.1) is 0 Å². The van der Waals surface area contributed by atoms with E-state index in [0.29, 0.717) is 28.5 Å². The molecule has 0 aliphatic heterocycles. The molecular weight excluding hydrogens is 362 g/mol. The lowest BCUT2D eigenvalue weighted by Gasteiger charge is -2.16. The van der Waals surface area contributed by atoms with Gasteiger partial charge in [-0.25, -0.2) is 15.0 Å². The first-order valence-corrected chi connectivity index (χ1v) is 9.40. The highest BCUT2D eigenvalue weighted by Gasteiger charge is 2.13. The predicted octanol–water partition coefficient (Wildman–Crippen LogP) is 3.43. The largest absolute Gasteiger partial charge is 0.382 e. The third-order valence-corrected chi connectivity index (χ3v) is 5.11. The van der Waals surface area contributed by atoms with Crippen LogP contribution in [-0.2, 0) is 13.1 Å². The van der Waals surface area contributed by atoms with Crippen molar-refractivity contribution in [3.63, 3.8) is 0 Å². The van der Waals surface area contributed by atoms with Crippen molar-refractivity contribution < 1.29 is 0 Å². The molecule has 140 valence electrons. The van der Waals surface area contributed by atoms with Gasteiger partial charge in [0.2, 0.25) is 0 Å². The third kappa shape index (κ3) is 3.36. The third-order valence-electron chi connectivity index (χ3n) is 4.89. The molecule has 7 nitrogen and oxygen atoms in total. The van der Waals surface area contributed by atoms with Gasteiger partial charge in [0.25, 0.3) is 0 Å². The highest BCUT2D eigenvalue weighted by atomic mass is 35.5. The molecule has 4 rings (SSSR count). The number of imidazole rings is 1. The van der Waals surface area contributed by atoms with Gasteiger partial charge >= 0.3 is 0 Å². The number of H-pyrrole nitrogens is 1. The smallest absolute Gasteiger partial charge is 0.165 e. The fraction of sp³-hybridized carbons (Fsp3) is 0.316. The van der Waals surface area contributed by atoms with Gasteiger partial charge in [-0.1, -0.05) is 25.4 Å². The molecule has 4 aromatic rings. The molecule has 0 aliphatic rings. The van der Waals surface area contributed by atoms with Crippen LogP contribution in [0.15, 0.2) is 30.9 Å². The van der Waals surface area contributed by atoms with Crippen LogP contribution in [-0.4, -0.2) is 42.5 Å².